The van der Waals surface area contributed by atoms with E-state index in [1.807, 2.05) is 11.8 Å². The third-order valence-corrected chi connectivity index (χ3v) is 5.29. The minimum absolute atomic E-state index is 0.0255. The zero-order chi connectivity index (χ0) is 13.8. The largest absolute Gasteiger partial charge is 0.324 e. The van der Waals surface area contributed by atoms with Gasteiger partial charge < -0.3 is 10.6 Å². The van der Waals surface area contributed by atoms with Crippen molar-refractivity contribution < 1.29 is 4.79 Å². The second-order valence-corrected chi connectivity index (χ2v) is 6.63. The van der Waals surface area contributed by atoms with E-state index in [4.69, 9.17) is 0 Å². The third kappa shape index (κ3) is 3.33. The number of nitrogens with one attached hydrogen (secondary N) is 2. The van der Waals surface area contributed by atoms with Crippen LogP contribution in [0.15, 0.2) is 21.5 Å². The summed E-state index contributed by atoms with van der Waals surface area (Å²) in [5, 5.41) is 5.97. The van der Waals surface area contributed by atoms with E-state index in [1.54, 1.807) is 7.05 Å². The highest BCUT2D eigenvalue weighted by Crippen LogP contribution is 2.39. The molecule has 1 aromatic carbocycles. The van der Waals surface area contributed by atoms with E-state index in [-0.39, 0.29) is 11.9 Å². The first-order chi connectivity index (χ1) is 9.17. The zero-order valence-corrected chi connectivity index (χ0v) is 13.7. The van der Waals surface area contributed by atoms with Crippen LogP contribution in [0.25, 0.3) is 0 Å². The zero-order valence-electron chi connectivity index (χ0n) is 11.3. The summed E-state index contributed by atoms with van der Waals surface area (Å²) >= 11 is 5.45. The Labute approximate surface area is 127 Å². The van der Waals surface area contributed by atoms with E-state index in [0.717, 1.165) is 21.5 Å². The van der Waals surface area contributed by atoms with Gasteiger partial charge in [-0.15, -0.1) is 11.8 Å². The third-order valence-electron chi connectivity index (χ3n) is 3.23. The van der Waals surface area contributed by atoms with Crippen molar-refractivity contribution in [3.05, 3.63) is 22.2 Å². The van der Waals surface area contributed by atoms with Crippen molar-refractivity contribution in [3.63, 3.8) is 0 Å². The first-order valence-corrected chi connectivity index (χ1v) is 8.39. The molecule has 0 fully saturated rings. The van der Waals surface area contributed by atoms with Crippen LogP contribution in [0.3, 0.4) is 0 Å². The molecule has 1 aliphatic rings. The number of carbonyl (C=O) groups is 1. The van der Waals surface area contributed by atoms with Crippen molar-refractivity contribution >= 4 is 39.3 Å². The van der Waals surface area contributed by atoms with E-state index in [1.165, 1.54) is 24.2 Å². The summed E-state index contributed by atoms with van der Waals surface area (Å²) in [5.41, 5.74) is 1.96. The minimum Gasteiger partial charge on any atom is -0.324 e. The van der Waals surface area contributed by atoms with Crippen molar-refractivity contribution in [1.29, 1.82) is 0 Å². The number of fused-ring (bicyclic) bond motifs is 1. The van der Waals surface area contributed by atoms with Crippen LogP contribution in [0.4, 0.5) is 5.69 Å². The average molecular weight is 343 g/mol. The molecule has 2 rings (SSSR count). The summed E-state index contributed by atoms with van der Waals surface area (Å²) < 4.78 is 1.07. The summed E-state index contributed by atoms with van der Waals surface area (Å²) in [4.78, 5) is 13.0. The first kappa shape index (κ1) is 14.9. The number of likely N-dealkylation sites (N-methyl/N-ethyl adjacent to an activating group) is 1. The molecular formula is C14H19BrN2OS. The highest BCUT2D eigenvalue weighted by Gasteiger charge is 2.29. The lowest BCUT2D eigenvalue weighted by Crippen LogP contribution is -2.23. The van der Waals surface area contributed by atoms with Gasteiger partial charge in [0.1, 0.15) is 6.04 Å². The van der Waals surface area contributed by atoms with Crippen LogP contribution in [-0.4, -0.2) is 18.7 Å². The number of halogens is 1. The quantitative estimate of drug-likeness (QED) is 0.607. The maximum absolute atomic E-state index is 11.8. The Hall–Kier alpha value is -0.520. The van der Waals surface area contributed by atoms with Gasteiger partial charge in [0.05, 0.1) is 0 Å². The van der Waals surface area contributed by atoms with Crippen LogP contribution in [0.1, 0.15) is 37.8 Å². The van der Waals surface area contributed by atoms with Crippen LogP contribution >= 0.6 is 27.7 Å². The smallest absolute Gasteiger partial charge is 0.246 e. The molecule has 1 atom stereocenters. The molecule has 1 amide bonds. The van der Waals surface area contributed by atoms with Crippen LogP contribution in [0.5, 0.6) is 0 Å². The molecule has 0 saturated heterocycles. The molecule has 1 aromatic rings. The number of hydrogen-bond donors (Lipinski definition) is 2. The molecule has 1 heterocycles. The SMILES string of the molecule is CCCCCSc1cc2c(cc1Br)C(NC)C(=O)N2. The van der Waals surface area contributed by atoms with Crippen LogP contribution in [-0.2, 0) is 4.79 Å². The highest BCUT2D eigenvalue weighted by atomic mass is 79.9. The molecule has 0 aromatic heterocycles. The second kappa shape index (κ2) is 6.77. The van der Waals surface area contributed by atoms with Crippen molar-refractivity contribution in [2.75, 3.05) is 18.1 Å². The molecule has 3 nitrogen and oxygen atoms in total. The van der Waals surface area contributed by atoms with Crippen molar-refractivity contribution in [3.8, 4) is 0 Å². The van der Waals surface area contributed by atoms with E-state index in [2.05, 4.69) is 45.6 Å². The Morgan fingerprint density at radius 2 is 2.21 bits per heavy atom. The van der Waals surface area contributed by atoms with Gasteiger partial charge in [0.25, 0.3) is 0 Å². The molecule has 0 saturated carbocycles. The van der Waals surface area contributed by atoms with Gasteiger partial charge in [0.15, 0.2) is 0 Å². The normalized spacial score (nSPS) is 17.4. The Morgan fingerprint density at radius 3 is 2.89 bits per heavy atom. The minimum atomic E-state index is -0.231. The molecule has 0 bridgehead atoms. The average Bonchev–Trinajstić information content (AvgIpc) is 2.69. The number of thioether (sulfide) groups is 1. The van der Waals surface area contributed by atoms with Crippen molar-refractivity contribution in [2.45, 2.75) is 37.1 Å². The fourth-order valence-electron chi connectivity index (χ4n) is 2.19. The number of carbonyl (C=O) groups excluding carboxylic acids is 1. The second-order valence-electron chi connectivity index (χ2n) is 4.64. The standard InChI is InChI=1S/C14H19BrN2OS/c1-3-4-5-6-19-12-8-11-9(7-10(12)15)13(16-2)14(18)17-11/h7-8,13,16H,3-6H2,1-2H3,(H,17,18). The van der Waals surface area contributed by atoms with Gasteiger partial charge in [-0.2, -0.15) is 0 Å². The van der Waals surface area contributed by atoms with Crippen LogP contribution in [0, 0.1) is 0 Å². The lowest BCUT2D eigenvalue weighted by Gasteiger charge is -2.10. The number of anilines is 1. The van der Waals surface area contributed by atoms with E-state index < -0.39 is 0 Å². The highest BCUT2D eigenvalue weighted by molar-refractivity contribution is 9.10. The maximum Gasteiger partial charge on any atom is 0.246 e. The lowest BCUT2D eigenvalue weighted by atomic mass is 10.1. The summed E-state index contributed by atoms with van der Waals surface area (Å²) in [6, 6.07) is 3.90. The number of hydrogen-bond acceptors (Lipinski definition) is 3. The number of benzene rings is 1. The number of unbranched alkanes of at least 4 members (excludes halogenated alkanes) is 2. The molecule has 1 unspecified atom stereocenters. The van der Waals surface area contributed by atoms with E-state index >= 15 is 0 Å². The van der Waals surface area contributed by atoms with E-state index in [9.17, 15) is 4.79 Å². The molecule has 5 heteroatoms. The van der Waals surface area contributed by atoms with Gasteiger partial charge >= 0.3 is 0 Å². The monoisotopic (exact) mass is 342 g/mol. The van der Waals surface area contributed by atoms with Gasteiger partial charge in [-0.05, 0) is 47.3 Å². The summed E-state index contributed by atoms with van der Waals surface area (Å²) in [6.45, 7) is 2.21. The fraction of sp³-hybridized carbons (Fsp3) is 0.500. The Bertz CT molecular complexity index is 479. The van der Waals surface area contributed by atoms with Crippen LogP contribution in [0.2, 0.25) is 0 Å². The van der Waals surface area contributed by atoms with Gasteiger partial charge in [0, 0.05) is 20.6 Å². The topological polar surface area (TPSA) is 41.1 Å². The molecule has 0 aliphatic carbocycles. The molecule has 2 N–H and O–H groups in total. The molecule has 1 aliphatic heterocycles. The summed E-state index contributed by atoms with van der Waals surface area (Å²) in [5.74, 6) is 1.15. The van der Waals surface area contributed by atoms with Crippen molar-refractivity contribution in [2.24, 2.45) is 0 Å². The number of rotatable bonds is 6. The summed E-state index contributed by atoms with van der Waals surface area (Å²) in [6.07, 6.45) is 3.75. The lowest BCUT2D eigenvalue weighted by molar-refractivity contribution is -0.117. The van der Waals surface area contributed by atoms with Gasteiger partial charge in [-0.25, -0.2) is 0 Å². The molecule has 0 radical (unpaired) electrons. The first-order valence-electron chi connectivity index (χ1n) is 6.61. The Morgan fingerprint density at radius 1 is 1.42 bits per heavy atom. The maximum atomic E-state index is 11.8. The molecule has 0 spiro atoms. The van der Waals surface area contributed by atoms with Gasteiger partial charge in [0.2, 0.25) is 5.91 Å². The van der Waals surface area contributed by atoms with Gasteiger partial charge in [-0.1, -0.05) is 19.8 Å². The summed E-state index contributed by atoms with van der Waals surface area (Å²) in [7, 11) is 1.81. The predicted molar refractivity (Wildman–Crippen MR) is 84.8 cm³/mol. The Kier molecular flexibility index (Phi) is 5.30. The number of amides is 1. The van der Waals surface area contributed by atoms with Crippen LogP contribution < -0.4 is 10.6 Å². The molecule has 104 valence electrons. The fourth-order valence-corrected chi connectivity index (χ4v) is 3.86. The van der Waals surface area contributed by atoms with E-state index in [0.29, 0.717) is 0 Å². The van der Waals surface area contributed by atoms with Gasteiger partial charge in [-0.3, -0.25) is 4.79 Å². The molecular weight excluding hydrogens is 324 g/mol. The van der Waals surface area contributed by atoms with Crippen molar-refractivity contribution in [1.82, 2.24) is 5.32 Å². The Balaban J connectivity index is 2.12. The molecule has 19 heavy (non-hydrogen) atoms. The predicted octanol–water partition coefficient (Wildman–Crippen LogP) is 3.94.